The molecule has 2 aromatic carbocycles. The minimum Gasteiger partial charge on any atom is -0.486 e. The quantitative estimate of drug-likeness (QED) is 0.245. The van der Waals surface area contributed by atoms with Crippen LogP contribution in [0.2, 0.25) is 0 Å². The van der Waals surface area contributed by atoms with Crippen LogP contribution in [0, 0.1) is 11.6 Å². The van der Waals surface area contributed by atoms with Crippen molar-refractivity contribution >= 4 is 23.8 Å². The number of fused-ring (bicyclic) bond motifs is 6. The lowest BCUT2D eigenvalue weighted by molar-refractivity contribution is 0.0117. The first-order chi connectivity index (χ1) is 20.8. The SMILES string of the molecule is COC(=O)OCOc1c2n(ccc1=O)N1CN(C2=O)C2(/C=C/COc3c(ccc(F)c3F)C1=Cc1ccccc1)CCC2. The lowest BCUT2D eigenvalue weighted by Gasteiger charge is -2.52. The first-order valence-electron chi connectivity index (χ1n) is 13.6. The summed E-state index contributed by atoms with van der Waals surface area (Å²) in [7, 11) is 1.12. The van der Waals surface area contributed by atoms with Crippen molar-refractivity contribution in [3.63, 3.8) is 0 Å². The molecule has 0 radical (unpaired) electrons. The summed E-state index contributed by atoms with van der Waals surface area (Å²) in [6.45, 7) is -0.765. The van der Waals surface area contributed by atoms with Crippen molar-refractivity contribution in [2.24, 2.45) is 0 Å². The first kappa shape index (κ1) is 28.0. The molecule has 6 rings (SSSR count). The highest BCUT2D eigenvalue weighted by atomic mass is 19.2. The Bertz CT molecular complexity index is 1700. The van der Waals surface area contributed by atoms with Crippen LogP contribution in [0.5, 0.6) is 11.5 Å². The second-order valence-electron chi connectivity index (χ2n) is 10.2. The van der Waals surface area contributed by atoms with Gasteiger partial charge in [0.05, 0.1) is 18.3 Å². The van der Waals surface area contributed by atoms with Crippen LogP contribution in [-0.4, -0.2) is 54.4 Å². The molecule has 12 heteroatoms. The Morgan fingerprint density at radius 1 is 1.09 bits per heavy atom. The van der Waals surface area contributed by atoms with Crippen LogP contribution in [-0.2, 0) is 9.47 Å². The van der Waals surface area contributed by atoms with Gasteiger partial charge in [-0.3, -0.25) is 14.6 Å². The predicted molar refractivity (Wildman–Crippen MR) is 151 cm³/mol. The van der Waals surface area contributed by atoms with Crippen molar-refractivity contribution in [2.75, 3.05) is 32.2 Å². The molecule has 1 aliphatic carbocycles. The van der Waals surface area contributed by atoms with Crippen molar-refractivity contribution in [3.05, 3.63) is 106 Å². The number of hydrogen-bond acceptors (Lipinski definition) is 8. The van der Waals surface area contributed by atoms with Gasteiger partial charge in [-0.2, -0.15) is 4.39 Å². The topological polar surface area (TPSA) is 99.5 Å². The number of benzene rings is 2. The van der Waals surface area contributed by atoms with Crippen molar-refractivity contribution in [1.82, 2.24) is 9.58 Å². The molecular formula is C31H27F2N3O7. The predicted octanol–water partition coefficient (Wildman–Crippen LogP) is 4.67. The highest BCUT2D eigenvalue weighted by Gasteiger charge is 2.48. The van der Waals surface area contributed by atoms with Crippen LogP contribution < -0.4 is 19.9 Å². The van der Waals surface area contributed by atoms with Crippen LogP contribution in [0.4, 0.5) is 13.6 Å². The summed E-state index contributed by atoms with van der Waals surface area (Å²) in [6, 6.07) is 12.8. The minimum absolute atomic E-state index is 0.00571. The van der Waals surface area contributed by atoms with Crippen molar-refractivity contribution in [3.8, 4) is 11.5 Å². The molecule has 10 nitrogen and oxygen atoms in total. The van der Waals surface area contributed by atoms with Gasteiger partial charge in [0.2, 0.25) is 23.8 Å². The van der Waals surface area contributed by atoms with E-state index in [1.165, 1.54) is 23.0 Å². The zero-order chi connectivity index (χ0) is 30.1. The maximum absolute atomic E-state index is 15.4. The molecule has 1 saturated carbocycles. The summed E-state index contributed by atoms with van der Waals surface area (Å²) >= 11 is 0. The molecule has 3 aromatic rings. The molecule has 2 aliphatic heterocycles. The third-order valence-electron chi connectivity index (χ3n) is 7.78. The van der Waals surface area contributed by atoms with Crippen LogP contribution in [0.1, 0.15) is 40.9 Å². The van der Waals surface area contributed by atoms with Gasteiger partial charge in [0.15, 0.2) is 17.3 Å². The van der Waals surface area contributed by atoms with Gasteiger partial charge < -0.3 is 23.8 Å². The number of pyridine rings is 1. The molecule has 1 aromatic heterocycles. The van der Waals surface area contributed by atoms with E-state index in [-0.39, 0.29) is 36.0 Å². The van der Waals surface area contributed by atoms with E-state index < -0.39 is 41.5 Å². The normalized spacial score (nSPS) is 18.5. The standard InChI is InChI=1S/C31H27F2N3O7/c1-40-30(39)43-19-42-28-24(37)11-15-35-26(28)29(38)34-18-36(35)23(17-20-7-3-2-4-8-20)21-9-10-22(32)25(33)27(21)41-16-6-14-31(34)12-5-13-31/h2-4,6-11,14-15,17H,5,12-13,16,18-19H2,1H3/b14-6+,23-17?. The van der Waals surface area contributed by atoms with Crippen molar-refractivity contribution in [2.45, 2.75) is 24.8 Å². The fourth-order valence-corrected chi connectivity index (χ4v) is 5.51. The van der Waals surface area contributed by atoms with Crippen molar-refractivity contribution in [1.29, 1.82) is 0 Å². The molecule has 222 valence electrons. The third kappa shape index (κ3) is 4.98. The maximum Gasteiger partial charge on any atom is 0.510 e. The summed E-state index contributed by atoms with van der Waals surface area (Å²) in [5, 5.41) is 1.68. The Hall–Kier alpha value is -5.13. The van der Waals surface area contributed by atoms with Gasteiger partial charge in [-0.25, -0.2) is 13.9 Å². The van der Waals surface area contributed by atoms with Gasteiger partial charge >= 0.3 is 6.16 Å². The van der Waals surface area contributed by atoms with E-state index in [1.54, 1.807) is 22.1 Å². The van der Waals surface area contributed by atoms with E-state index in [1.807, 2.05) is 36.4 Å². The maximum atomic E-state index is 15.4. The molecule has 1 spiro atoms. The molecule has 3 heterocycles. The number of halogens is 2. The molecule has 0 unspecified atom stereocenters. The number of carbonyl (C=O) groups excluding carboxylic acids is 2. The van der Waals surface area contributed by atoms with Crippen LogP contribution in [0.25, 0.3) is 11.8 Å². The molecule has 1 fully saturated rings. The Balaban J connectivity index is 1.61. The summed E-state index contributed by atoms with van der Waals surface area (Å²) in [4.78, 5) is 40.5. The number of methoxy groups -OCH3 is 1. The molecule has 0 N–H and O–H groups in total. The fourth-order valence-electron chi connectivity index (χ4n) is 5.51. The van der Waals surface area contributed by atoms with Gasteiger partial charge in [0.1, 0.15) is 13.3 Å². The smallest absolute Gasteiger partial charge is 0.486 e. The van der Waals surface area contributed by atoms with Crippen LogP contribution in [0.3, 0.4) is 0 Å². The number of aromatic nitrogens is 1. The average molecular weight is 592 g/mol. The lowest BCUT2D eigenvalue weighted by Crippen LogP contribution is -2.63. The zero-order valence-corrected chi connectivity index (χ0v) is 23.1. The second-order valence-corrected chi connectivity index (χ2v) is 10.2. The zero-order valence-electron chi connectivity index (χ0n) is 23.1. The monoisotopic (exact) mass is 591 g/mol. The van der Waals surface area contributed by atoms with Gasteiger partial charge in [-0.15, -0.1) is 0 Å². The second kappa shape index (κ2) is 11.3. The average Bonchev–Trinajstić information content (AvgIpc) is 3.01. The van der Waals surface area contributed by atoms with Crippen LogP contribution in [0.15, 0.2) is 71.7 Å². The Kier molecular flexibility index (Phi) is 7.34. The number of amides is 1. The van der Waals surface area contributed by atoms with E-state index in [9.17, 15) is 18.8 Å². The summed E-state index contributed by atoms with van der Waals surface area (Å²) < 4.78 is 52.0. The highest BCUT2D eigenvalue weighted by Crippen LogP contribution is 2.44. The molecule has 3 aliphatic rings. The van der Waals surface area contributed by atoms with E-state index >= 15 is 4.39 Å². The molecule has 43 heavy (non-hydrogen) atoms. The molecule has 0 saturated heterocycles. The summed E-state index contributed by atoms with van der Waals surface area (Å²) in [6.07, 6.45) is 7.77. The fraction of sp³-hybridized carbons (Fsp3) is 0.258. The first-order valence-corrected chi connectivity index (χ1v) is 13.6. The summed E-state index contributed by atoms with van der Waals surface area (Å²) in [5.74, 6) is -3.37. The Morgan fingerprint density at radius 2 is 1.88 bits per heavy atom. The van der Waals surface area contributed by atoms with Gasteiger partial charge in [0.25, 0.3) is 5.91 Å². The molecular weight excluding hydrogens is 564 g/mol. The van der Waals surface area contributed by atoms with E-state index in [0.29, 0.717) is 18.5 Å². The van der Waals surface area contributed by atoms with Gasteiger partial charge in [-0.1, -0.05) is 36.4 Å². The Labute approximate surface area is 244 Å². The number of nitrogens with zero attached hydrogens (tertiary/aromatic N) is 3. The van der Waals surface area contributed by atoms with Gasteiger partial charge in [-0.05, 0) is 49.1 Å². The van der Waals surface area contributed by atoms with E-state index in [4.69, 9.17) is 14.2 Å². The largest absolute Gasteiger partial charge is 0.510 e. The molecule has 1 amide bonds. The Morgan fingerprint density at radius 3 is 2.60 bits per heavy atom. The highest BCUT2D eigenvalue weighted by molar-refractivity contribution is 5.99. The number of carbonyl (C=O) groups is 2. The van der Waals surface area contributed by atoms with E-state index in [0.717, 1.165) is 25.2 Å². The van der Waals surface area contributed by atoms with E-state index in [2.05, 4.69) is 4.74 Å². The molecule has 2 bridgehead atoms. The number of ether oxygens (including phenoxy) is 4. The summed E-state index contributed by atoms with van der Waals surface area (Å²) in [5.41, 5.74) is -0.174. The minimum atomic E-state index is -1.16. The number of rotatable bonds is 4. The van der Waals surface area contributed by atoms with Crippen LogP contribution >= 0.6 is 0 Å². The third-order valence-corrected chi connectivity index (χ3v) is 7.78. The lowest BCUT2D eigenvalue weighted by atomic mass is 9.74. The van der Waals surface area contributed by atoms with Gasteiger partial charge in [0, 0.05) is 17.8 Å². The number of hydrogen-bond donors (Lipinski definition) is 0. The van der Waals surface area contributed by atoms with Crippen molar-refractivity contribution < 1.29 is 37.3 Å². The molecule has 0 atom stereocenters.